The van der Waals surface area contributed by atoms with Gasteiger partial charge in [0.25, 0.3) is 0 Å². The maximum Gasteiger partial charge on any atom is 0.222 e. The maximum absolute atomic E-state index is 12.2. The van der Waals surface area contributed by atoms with E-state index >= 15 is 0 Å². The molecule has 0 aromatic heterocycles. The van der Waals surface area contributed by atoms with Crippen LogP contribution < -0.4 is 10.6 Å². The Balaban J connectivity index is 1.64. The Morgan fingerprint density at radius 1 is 1.24 bits per heavy atom. The molecule has 0 aliphatic carbocycles. The van der Waals surface area contributed by atoms with Gasteiger partial charge >= 0.3 is 0 Å². The molecule has 2 N–H and O–H groups in total. The number of amides is 2. The quantitative estimate of drug-likeness (QED) is 0.803. The molecule has 2 heterocycles. The first kappa shape index (κ1) is 16.3. The van der Waals surface area contributed by atoms with Crippen LogP contribution in [0, 0.1) is 5.92 Å². The Kier molecular flexibility index (Phi) is 6.49. The van der Waals surface area contributed by atoms with E-state index in [4.69, 9.17) is 0 Å². The molecule has 2 saturated heterocycles. The van der Waals surface area contributed by atoms with Gasteiger partial charge in [-0.3, -0.25) is 9.59 Å². The van der Waals surface area contributed by atoms with Gasteiger partial charge < -0.3 is 15.5 Å². The van der Waals surface area contributed by atoms with Crippen molar-refractivity contribution >= 4 is 11.8 Å². The van der Waals surface area contributed by atoms with E-state index in [2.05, 4.69) is 10.6 Å². The second kappa shape index (κ2) is 8.37. The van der Waals surface area contributed by atoms with E-state index in [1.165, 1.54) is 12.8 Å². The van der Waals surface area contributed by atoms with Crippen molar-refractivity contribution in [3.8, 4) is 0 Å². The van der Waals surface area contributed by atoms with Gasteiger partial charge in [0.15, 0.2) is 0 Å². The van der Waals surface area contributed by atoms with Gasteiger partial charge in [-0.05, 0) is 51.1 Å². The van der Waals surface area contributed by atoms with Gasteiger partial charge in [0, 0.05) is 32.0 Å². The highest BCUT2D eigenvalue weighted by molar-refractivity contribution is 5.77. The first-order chi connectivity index (χ1) is 10.2. The van der Waals surface area contributed by atoms with Gasteiger partial charge in [0.1, 0.15) is 0 Å². The van der Waals surface area contributed by atoms with Crippen LogP contribution in [-0.4, -0.2) is 48.9 Å². The van der Waals surface area contributed by atoms with Crippen molar-refractivity contribution in [2.75, 3.05) is 26.2 Å². The lowest BCUT2D eigenvalue weighted by Gasteiger charge is -2.33. The molecule has 2 fully saturated rings. The fourth-order valence-corrected chi connectivity index (χ4v) is 3.26. The number of carbonyl (C=O) groups is 2. The Bertz CT molecular complexity index is 345. The average molecular weight is 295 g/mol. The molecule has 0 bridgehead atoms. The van der Waals surface area contributed by atoms with Gasteiger partial charge in [0.2, 0.25) is 11.8 Å². The summed E-state index contributed by atoms with van der Waals surface area (Å²) in [6.07, 6.45) is 6.50. The Labute approximate surface area is 127 Å². The Morgan fingerprint density at radius 2 is 2.00 bits per heavy atom. The highest BCUT2D eigenvalue weighted by Crippen LogP contribution is 2.18. The van der Waals surface area contributed by atoms with Crippen LogP contribution in [0.5, 0.6) is 0 Å². The van der Waals surface area contributed by atoms with E-state index in [0.29, 0.717) is 24.7 Å². The van der Waals surface area contributed by atoms with E-state index in [0.717, 1.165) is 45.4 Å². The number of carbonyl (C=O) groups excluding carboxylic acids is 2. The third kappa shape index (κ3) is 5.30. The van der Waals surface area contributed by atoms with Crippen molar-refractivity contribution < 1.29 is 9.59 Å². The van der Waals surface area contributed by atoms with Crippen molar-refractivity contribution in [2.24, 2.45) is 5.92 Å². The first-order valence-electron chi connectivity index (χ1n) is 8.47. The second-order valence-electron chi connectivity index (χ2n) is 6.33. The molecule has 0 saturated carbocycles. The van der Waals surface area contributed by atoms with Crippen LogP contribution in [0.15, 0.2) is 0 Å². The van der Waals surface area contributed by atoms with E-state index < -0.39 is 0 Å². The molecule has 0 aromatic rings. The van der Waals surface area contributed by atoms with Crippen LogP contribution in [0.25, 0.3) is 0 Å². The van der Waals surface area contributed by atoms with E-state index in [-0.39, 0.29) is 11.9 Å². The van der Waals surface area contributed by atoms with Crippen LogP contribution in [0.2, 0.25) is 0 Å². The van der Waals surface area contributed by atoms with Gasteiger partial charge in [-0.2, -0.15) is 0 Å². The summed E-state index contributed by atoms with van der Waals surface area (Å²) in [6.45, 7) is 5.64. The minimum atomic E-state index is 0.115. The zero-order chi connectivity index (χ0) is 15.1. The highest BCUT2D eigenvalue weighted by Gasteiger charge is 2.24. The van der Waals surface area contributed by atoms with Gasteiger partial charge in [-0.15, -0.1) is 0 Å². The van der Waals surface area contributed by atoms with Crippen LogP contribution in [-0.2, 0) is 9.59 Å². The van der Waals surface area contributed by atoms with Crippen molar-refractivity contribution in [3.05, 3.63) is 0 Å². The zero-order valence-electron chi connectivity index (χ0n) is 13.2. The topological polar surface area (TPSA) is 61.4 Å². The van der Waals surface area contributed by atoms with Crippen LogP contribution in [0.3, 0.4) is 0 Å². The number of piperidine rings is 2. The van der Waals surface area contributed by atoms with Crippen molar-refractivity contribution in [1.29, 1.82) is 0 Å². The number of nitrogens with one attached hydrogen (secondary N) is 2. The molecule has 2 aliphatic rings. The zero-order valence-corrected chi connectivity index (χ0v) is 13.2. The summed E-state index contributed by atoms with van der Waals surface area (Å²) in [4.78, 5) is 25.6. The minimum Gasteiger partial charge on any atom is -0.353 e. The fourth-order valence-electron chi connectivity index (χ4n) is 3.26. The monoisotopic (exact) mass is 295 g/mol. The molecule has 1 unspecified atom stereocenters. The molecule has 2 aliphatic heterocycles. The van der Waals surface area contributed by atoms with Crippen molar-refractivity contribution in [1.82, 2.24) is 15.5 Å². The molecule has 1 atom stereocenters. The third-order valence-electron chi connectivity index (χ3n) is 4.70. The minimum absolute atomic E-state index is 0.115. The average Bonchev–Trinajstić information content (AvgIpc) is 2.54. The molecular formula is C16H29N3O2. The summed E-state index contributed by atoms with van der Waals surface area (Å²) in [5.74, 6) is 1.08. The highest BCUT2D eigenvalue weighted by atomic mass is 16.2. The number of rotatable bonds is 5. The molecule has 2 amide bonds. The summed E-state index contributed by atoms with van der Waals surface area (Å²) < 4.78 is 0. The summed E-state index contributed by atoms with van der Waals surface area (Å²) in [6, 6.07) is 0.254. The van der Waals surface area contributed by atoms with Crippen LogP contribution in [0.1, 0.15) is 51.9 Å². The third-order valence-corrected chi connectivity index (χ3v) is 4.70. The molecule has 5 nitrogen and oxygen atoms in total. The molecule has 0 spiro atoms. The lowest BCUT2D eigenvalue weighted by molar-refractivity contribution is -0.132. The molecule has 2 rings (SSSR count). The Hall–Kier alpha value is -1.10. The van der Waals surface area contributed by atoms with Gasteiger partial charge in [0.05, 0.1) is 0 Å². The molecule has 21 heavy (non-hydrogen) atoms. The maximum atomic E-state index is 12.2. The van der Waals surface area contributed by atoms with Gasteiger partial charge in [-0.1, -0.05) is 6.92 Å². The van der Waals surface area contributed by atoms with Crippen LogP contribution >= 0.6 is 0 Å². The molecule has 120 valence electrons. The van der Waals surface area contributed by atoms with E-state index in [1.807, 2.05) is 11.8 Å². The summed E-state index contributed by atoms with van der Waals surface area (Å²) in [5, 5.41) is 6.43. The number of nitrogens with zero attached hydrogens (tertiary/aromatic N) is 1. The second-order valence-corrected chi connectivity index (χ2v) is 6.33. The largest absolute Gasteiger partial charge is 0.353 e. The first-order valence-corrected chi connectivity index (χ1v) is 8.47. The SMILES string of the molecule is CCC(=O)NC1CCN(C(=O)CCC2CCCNC2)CC1. The normalized spacial score (nSPS) is 23.9. The van der Waals surface area contributed by atoms with E-state index in [1.54, 1.807) is 0 Å². The fraction of sp³-hybridized carbons (Fsp3) is 0.875. The predicted octanol–water partition coefficient (Wildman–Crippen LogP) is 1.28. The smallest absolute Gasteiger partial charge is 0.222 e. The number of hydrogen-bond donors (Lipinski definition) is 2. The molecule has 0 aromatic carbocycles. The molecule has 5 heteroatoms. The number of likely N-dealkylation sites (tertiary alicyclic amines) is 1. The van der Waals surface area contributed by atoms with E-state index in [9.17, 15) is 9.59 Å². The summed E-state index contributed by atoms with van der Waals surface area (Å²) in [5.41, 5.74) is 0. The lowest BCUT2D eigenvalue weighted by Crippen LogP contribution is -2.46. The standard InChI is InChI=1S/C16H29N3O2/c1-2-15(20)18-14-7-10-19(11-8-14)16(21)6-5-13-4-3-9-17-12-13/h13-14,17H,2-12H2,1H3,(H,18,20). The van der Waals surface area contributed by atoms with Crippen molar-refractivity contribution in [2.45, 2.75) is 57.9 Å². The summed E-state index contributed by atoms with van der Waals surface area (Å²) in [7, 11) is 0. The van der Waals surface area contributed by atoms with Gasteiger partial charge in [-0.25, -0.2) is 0 Å². The number of hydrogen-bond acceptors (Lipinski definition) is 3. The van der Waals surface area contributed by atoms with Crippen LogP contribution in [0.4, 0.5) is 0 Å². The molecule has 0 radical (unpaired) electrons. The van der Waals surface area contributed by atoms with Crippen molar-refractivity contribution in [3.63, 3.8) is 0 Å². The Morgan fingerprint density at radius 3 is 2.62 bits per heavy atom. The molecular weight excluding hydrogens is 266 g/mol. The predicted molar refractivity (Wildman–Crippen MR) is 82.9 cm³/mol. The lowest BCUT2D eigenvalue weighted by atomic mass is 9.94. The summed E-state index contributed by atoms with van der Waals surface area (Å²) >= 11 is 0.